The highest BCUT2D eigenvalue weighted by molar-refractivity contribution is 5.95. The molecule has 3 heterocycles. The Morgan fingerprint density at radius 3 is 2.90 bits per heavy atom. The summed E-state index contributed by atoms with van der Waals surface area (Å²) in [6, 6.07) is 15.3. The Labute approximate surface area is 170 Å². The highest BCUT2D eigenvalue weighted by Gasteiger charge is 2.33. The van der Waals surface area contributed by atoms with E-state index in [2.05, 4.69) is 10.2 Å². The number of piperidine rings is 1. The summed E-state index contributed by atoms with van der Waals surface area (Å²) in [5.74, 6) is 2.73. The Morgan fingerprint density at radius 1 is 1.14 bits per heavy atom. The SMILES string of the molecule is O=C(N[C@@H]1C[C@H]2CCN(C2)C1)c1ccc2c(c1)O[C@@H](COc1ccccc1)CO2. The zero-order chi connectivity index (χ0) is 19.6. The highest BCUT2D eigenvalue weighted by Crippen LogP contribution is 2.33. The van der Waals surface area contributed by atoms with Gasteiger partial charge in [-0.05, 0) is 55.6 Å². The van der Waals surface area contributed by atoms with E-state index in [1.54, 1.807) is 12.1 Å². The van der Waals surface area contributed by atoms with Gasteiger partial charge in [0, 0.05) is 24.7 Å². The number of carbonyl (C=O) groups is 1. The van der Waals surface area contributed by atoms with E-state index in [0.717, 1.165) is 31.2 Å². The molecule has 6 nitrogen and oxygen atoms in total. The molecule has 4 atom stereocenters. The Hall–Kier alpha value is -2.73. The van der Waals surface area contributed by atoms with Crippen LogP contribution in [0.2, 0.25) is 0 Å². The fraction of sp³-hybridized carbons (Fsp3) is 0.435. The number of hydrogen-bond acceptors (Lipinski definition) is 5. The minimum absolute atomic E-state index is 0.0495. The summed E-state index contributed by atoms with van der Waals surface area (Å²) in [5, 5.41) is 3.20. The molecule has 0 aliphatic carbocycles. The van der Waals surface area contributed by atoms with E-state index in [9.17, 15) is 4.79 Å². The first kappa shape index (κ1) is 18.3. The molecule has 6 heteroatoms. The minimum atomic E-state index is -0.220. The first-order chi connectivity index (χ1) is 14.2. The Kier molecular flexibility index (Phi) is 5.02. The summed E-state index contributed by atoms with van der Waals surface area (Å²) in [6.45, 7) is 4.10. The Balaban J connectivity index is 1.20. The van der Waals surface area contributed by atoms with Gasteiger partial charge in [-0.3, -0.25) is 4.79 Å². The number of carbonyl (C=O) groups excluding carboxylic acids is 1. The first-order valence-electron chi connectivity index (χ1n) is 10.4. The predicted octanol–water partition coefficient (Wildman–Crippen LogP) is 2.73. The number of amides is 1. The molecule has 1 amide bonds. The second-order valence-electron chi connectivity index (χ2n) is 8.16. The molecule has 2 aromatic carbocycles. The van der Waals surface area contributed by atoms with E-state index in [4.69, 9.17) is 14.2 Å². The fourth-order valence-corrected chi connectivity index (χ4v) is 4.48. The molecule has 2 aromatic rings. The summed E-state index contributed by atoms with van der Waals surface area (Å²) in [6.07, 6.45) is 2.11. The van der Waals surface area contributed by atoms with Crippen molar-refractivity contribution in [2.45, 2.75) is 25.0 Å². The van der Waals surface area contributed by atoms with Crippen LogP contribution in [0.15, 0.2) is 48.5 Å². The lowest BCUT2D eigenvalue weighted by atomic mass is 9.96. The van der Waals surface area contributed by atoms with Crippen molar-refractivity contribution in [3.63, 3.8) is 0 Å². The zero-order valence-electron chi connectivity index (χ0n) is 16.4. The Morgan fingerprint density at radius 2 is 2.03 bits per heavy atom. The van der Waals surface area contributed by atoms with Crippen LogP contribution in [0.5, 0.6) is 17.2 Å². The van der Waals surface area contributed by atoms with Crippen molar-refractivity contribution >= 4 is 5.91 Å². The van der Waals surface area contributed by atoms with Crippen molar-refractivity contribution in [2.24, 2.45) is 5.92 Å². The van der Waals surface area contributed by atoms with Crippen molar-refractivity contribution in [1.29, 1.82) is 0 Å². The first-order valence-corrected chi connectivity index (χ1v) is 10.4. The van der Waals surface area contributed by atoms with Gasteiger partial charge in [-0.1, -0.05) is 18.2 Å². The topological polar surface area (TPSA) is 60.0 Å². The van der Waals surface area contributed by atoms with Crippen molar-refractivity contribution < 1.29 is 19.0 Å². The van der Waals surface area contributed by atoms with Gasteiger partial charge >= 0.3 is 0 Å². The van der Waals surface area contributed by atoms with Crippen molar-refractivity contribution in [3.05, 3.63) is 54.1 Å². The second kappa shape index (κ2) is 7.95. The lowest BCUT2D eigenvalue weighted by Gasteiger charge is -2.30. The monoisotopic (exact) mass is 394 g/mol. The third kappa shape index (κ3) is 4.17. The molecule has 0 aromatic heterocycles. The average molecular weight is 394 g/mol. The van der Waals surface area contributed by atoms with Gasteiger partial charge in [0.15, 0.2) is 17.6 Å². The van der Waals surface area contributed by atoms with Crippen LogP contribution in [0.1, 0.15) is 23.2 Å². The number of ether oxygens (including phenoxy) is 3. The van der Waals surface area contributed by atoms with Gasteiger partial charge < -0.3 is 24.4 Å². The molecule has 29 heavy (non-hydrogen) atoms. The third-order valence-corrected chi connectivity index (χ3v) is 5.90. The smallest absolute Gasteiger partial charge is 0.251 e. The molecule has 0 spiro atoms. The normalized spacial score (nSPS) is 27.3. The number of fused-ring (bicyclic) bond motifs is 3. The van der Waals surface area contributed by atoms with Crippen molar-refractivity contribution in [3.8, 4) is 17.2 Å². The lowest BCUT2D eigenvalue weighted by Crippen LogP contribution is -2.47. The van der Waals surface area contributed by atoms with Crippen LogP contribution in [-0.2, 0) is 0 Å². The molecular weight excluding hydrogens is 368 g/mol. The maximum atomic E-state index is 12.8. The molecule has 0 radical (unpaired) electrons. The molecule has 2 fully saturated rings. The molecule has 5 rings (SSSR count). The quantitative estimate of drug-likeness (QED) is 0.845. The molecule has 3 aliphatic rings. The molecule has 152 valence electrons. The van der Waals surface area contributed by atoms with Crippen molar-refractivity contribution in [1.82, 2.24) is 10.2 Å². The van der Waals surface area contributed by atoms with E-state index in [1.807, 2.05) is 36.4 Å². The van der Waals surface area contributed by atoms with Crippen LogP contribution >= 0.6 is 0 Å². The van der Waals surface area contributed by atoms with Crippen LogP contribution in [0, 0.1) is 5.92 Å². The van der Waals surface area contributed by atoms with Gasteiger partial charge in [-0.2, -0.15) is 0 Å². The van der Waals surface area contributed by atoms with E-state index in [1.165, 1.54) is 13.0 Å². The fourth-order valence-electron chi connectivity index (χ4n) is 4.48. The van der Waals surface area contributed by atoms with Gasteiger partial charge in [0.2, 0.25) is 0 Å². The number of para-hydroxylation sites is 1. The van der Waals surface area contributed by atoms with E-state index < -0.39 is 0 Å². The van der Waals surface area contributed by atoms with E-state index >= 15 is 0 Å². The average Bonchev–Trinajstić information content (AvgIpc) is 3.10. The number of nitrogens with one attached hydrogen (secondary N) is 1. The summed E-state index contributed by atoms with van der Waals surface area (Å²) in [5.41, 5.74) is 0.602. The highest BCUT2D eigenvalue weighted by atomic mass is 16.6. The van der Waals surface area contributed by atoms with Gasteiger partial charge in [0.1, 0.15) is 19.0 Å². The van der Waals surface area contributed by atoms with Gasteiger partial charge in [-0.25, -0.2) is 0 Å². The molecule has 2 saturated heterocycles. The standard InChI is InChI=1S/C23H26N2O4/c26-23(24-18-10-16-8-9-25(12-16)13-18)17-6-7-21-22(11-17)29-20(15-28-21)14-27-19-4-2-1-3-5-19/h1-7,11,16,18,20H,8-10,12-15H2,(H,24,26)/t16-,18-,20+/m1/s1. The zero-order valence-corrected chi connectivity index (χ0v) is 16.4. The van der Waals surface area contributed by atoms with E-state index in [0.29, 0.717) is 30.3 Å². The van der Waals surface area contributed by atoms with Crippen LogP contribution in [0.3, 0.4) is 0 Å². The minimum Gasteiger partial charge on any atom is -0.490 e. The summed E-state index contributed by atoms with van der Waals surface area (Å²) in [7, 11) is 0. The summed E-state index contributed by atoms with van der Waals surface area (Å²) >= 11 is 0. The van der Waals surface area contributed by atoms with Crippen LogP contribution < -0.4 is 19.5 Å². The van der Waals surface area contributed by atoms with Crippen LogP contribution in [0.25, 0.3) is 0 Å². The van der Waals surface area contributed by atoms with E-state index in [-0.39, 0.29) is 18.1 Å². The lowest BCUT2D eigenvalue weighted by molar-refractivity contribution is 0.0533. The largest absolute Gasteiger partial charge is 0.490 e. The van der Waals surface area contributed by atoms with Crippen molar-refractivity contribution in [2.75, 3.05) is 32.8 Å². The summed E-state index contributed by atoms with van der Waals surface area (Å²) in [4.78, 5) is 15.2. The number of hydrogen-bond donors (Lipinski definition) is 1. The molecule has 0 saturated carbocycles. The van der Waals surface area contributed by atoms with Crippen LogP contribution in [0.4, 0.5) is 0 Å². The number of benzene rings is 2. The van der Waals surface area contributed by atoms with Gasteiger partial charge in [0.25, 0.3) is 5.91 Å². The predicted molar refractivity (Wildman–Crippen MR) is 109 cm³/mol. The third-order valence-electron chi connectivity index (χ3n) is 5.90. The molecule has 2 bridgehead atoms. The second-order valence-corrected chi connectivity index (χ2v) is 8.16. The number of nitrogens with zero attached hydrogens (tertiary/aromatic N) is 1. The molecule has 3 aliphatic heterocycles. The number of rotatable bonds is 5. The van der Waals surface area contributed by atoms with Crippen LogP contribution in [-0.4, -0.2) is 55.8 Å². The maximum Gasteiger partial charge on any atom is 0.251 e. The molecular formula is C23H26N2O4. The van der Waals surface area contributed by atoms with Gasteiger partial charge in [0.05, 0.1) is 0 Å². The summed E-state index contributed by atoms with van der Waals surface area (Å²) < 4.78 is 17.6. The van der Waals surface area contributed by atoms with Gasteiger partial charge in [-0.15, -0.1) is 0 Å². The maximum absolute atomic E-state index is 12.8. The molecule has 1 N–H and O–H groups in total. The molecule has 1 unspecified atom stereocenters. The Bertz CT molecular complexity index is 860.